The van der Waals surface area contributed by atoms with Gasteiger partial charge in [0.1, 0.15) is 0 Å². The normalized spacial score (nSPS) is 6.60. The van der Waals surface area contributed by atoms with Crippen molar-refractivity contribution < 1.29 is 26.5 Å². The minimum absolute atomic E-state index is 0. The quantitative estimate of drug-likeness (QED) is 0.522. The summed E-state index contributed by atoms with van der Waals surface area (Å²) in [6.45, 7) is 0. The van der Waals surface area contributed by atoms with E-state index < -0.39 is 15.8 Å². The molecule has 0 atom stereocenters. The second-order valence-electron chi connectivity index (χ2n) is 0.177. The monoisotopic (exact) mass is 290 g/mol. The molecule has 0 N–H and O–H groups in total. The third-order valence-corrected chi connectivity index (χ3v) is 0. The van der Waals surface area contributed by atoms with Gasteiger partial charge in [0.15, 0.2) is 0 Å². The SMILES string of the molecule is [BaH2].[O]=[Ru](=[O])=[O]. The van der Waals surface area contributed by atoms with Crippen molar-refractivity contribution in [2.45, 2.75) is 0 Å². The molecule has 0 aliphatic rings. The van der Waals surface area contributed by atoms with Gasteiger partial charge in [-0.1, -0.05) is 0 Å². The van der Waals surface area contributed by atoms with E-state index in [0.29, 0.717) is 0 Å². The second kappa shape index (κ2) is 5.59. The average molecular weight is 288 g/mol. The Labute approximate surface area is 73.9 Å². The van der Waals surface area contributed by atoms with E-state index in [1.54, 1.807) is 0 Å². The van der Waals surface area contributed by atoms with Crippen molar-refractivity contribution in [2.24, 2.45) is 0 Å². The first kappa shape index (κ1) is 9.78. The van der Waals surface area contributed by atoms with Gasteiger partial charge in [-0.05, 0) is 0 Å². The molecule has 0 aromatic carbocycles. The summed E-state index contributed by atoms with van der Waals surface area (Å²) in [5.74, 6) is 0. The molecule has 0 rings (SSSR count). The van der Waals surface area contributed by atoms with Gasteiger partial charge in [-0.2, -0.15) is 0 Å². The van der Waals surface area contributed by atoms with E-state index in [0.717, 1.165) is 0 Å². The van der Waals surface area contributed by atoms with Crippen LogP contribution in [-0.2, 0) is 26.5 Å². The van der Waals surface area contributed by atoms with Crippen LogP contribution in [0.2, 0.25) is 0 Å². The molecule has 0 bridgehead atoms. The van der Waals surface area contributed by atoms with Crippen LogP contribution in [0.1, 0.15) is 0 Å². The van der Waals surface area contributed by atoms with Crippen LogP contribution < -0.4 is 0 Å². The van der Waals surface area contributed by atoms with E-state index in [2.05, 4.69) is 0 Å². The fraction of sp³-hybridized carbons (Fsp3) is 0. The number of hydrogen-bond donors (Lipinski definition) is 0. The summed E-state index contributed by atoms with van der Waals surface area (Å²) in [6.07, 6.45) is 0. The van der Waals surface area contributed by atoms with Gasteiger partial charge in [-0.3, -0.25) is 0 Å². The summed E-state index contributed by atoms with van der Waals surface area (Å²) in [4.78, 5) is 0. The molecule has 5 heavy (non-hydrogen) atoms. The first-order valence-electron chi connectivity index (χ1n) is 0.433. The summed E-state index contributed by atoms with van der Waals surface area (Å²) in [6, 6.07) is 0. The van der Waals surface area contributed by atoms with Gasteiger partial charge in [-0.15, -0.1) is 0 Å². The first-order chi connectivity index (χ1) is 1.73. The van der Waals surface area contributed by atoms with Crippen molar-refractivity contribution in [3.63, 3.8) is 0 Å². The van der Waals surface area contributed by atoms with Crippen molar-refractivity contribution in [3.8, 4) is 0 Å². The van der Waals surface area contributed by atoms with Crippen LogP contribution in [0.5, 0.6) is 0 Å². The summed E-state index contributed by atoms with van der Waals surface area (Å²) < 4.78 is 25.7. The molecule has 0 aromatic heterocycles. The zero-order valence-electron chi connectivity index (χ0n) is 1.58. The molecular formula is H2BaO3Ru. The molecule has 30 valence electrons. The average Bonchev–Trinajstić information content (AvgIpc) is 0.811. The summed E-state index contributed by atoms with van der Waals surface area (Å²) in [5, 5.41) is 0. The molecule has 0 saturated heterocycles. The van der Waals surface area contributed by atoms with Crippen LogP contribution >= 0.6 is 0 Å². The Hall–Kier alpha value is 1.59. The predicted molar refractivity (Wildman–Crippen MR) is 10.6 cm³/mol. The Balaban J connectivity index is 0. The fourth-order valence-electron chi connectivity index (χ4n) is 0. The zero-order valence-corrected chi connectivity index (χ0v) is 3.32. The van der Waals surface area contributed by atoms with Gasteiger partial charge < -0.3 is 0 Å². The van der Waals surface area contributed by atoms with Crippen molar-refractivity contribution in [1.29, 1.82) is 0 Å². The molecule has 0 unspecified atom stereocenters. The maximum absolute atomic E-state index is 8.56. The zero-order chi connectivity index (χ0) is 3.58. The molecule has 0 amide bonds. The minimum atomic E-state index is -3.92. The number of rotatable bonds is 0. The van der Waals surface area contributed by atoms with Crippen LogP contribution in [0.25, 0.3) is 0 Å². The van der Waals surface area contributed by atoms with E-state index >= 15 is 0 Å². The molecule has 5 heteroatoms. The van der Waals surface area contributed by atoms with Crippen LogP contribution in [0, 0.1) is 0 Å². The molecule has 0 spiro atoms. The van der Waals surface area contributed by atoms with E-state index in [1.165, 1.54) is 0 Å². The Morgan fingerprint density at radius 3 is 1.00 bits per heavy atom. The molecular weight excluding hydrogens is 286 g/mol. The van der Waals surface area contributed by atoms with Gasteiger partial charge >= 0.3 is 75.4 Å². The Morgan fingerprint density at radius 2 is 1.00 bits per heavy atom. The summed E-state index contributed by atoms with van der Waals surface area (Å²) >= 11 is -3.92. The van der Waals surface area contributed by atoms with E-state index in [9.17, 15) is 0 Å². The van der Waals surface area contributed by atoms with Crippen molar-refractivity contribution in [1.82, 2.24) is 0 Å². The van der Waals surface area contributed by atoms with Crippen LogP contribution in [0.3, 0.4) is 0 Å². The standard InChI is InChI=1S/Ba.3O.Ru.2H. The van der Waals surface area contributed by atoms with Crippen LogP contribution in [-0.4, -0.2) is 48.9 Å². The third kappa shape index (κ3) is 28.4. The fourth-order valence-corrected chi connectivity index (χ4v) is 0. The summed E-state index contributed by atoms with van der Waals surface area (Å²) in [7, 11) is 0. The van der Waals surface area contributed by atoms with E-state index in [1.807, 2.05) is 0 Å². The first-order valence-corrected chi connectivity index (χ1v) is 2.56. The topological polar surface area (TPSA) is 51.2 Å². The van der Waals surface area contributed by atoms with Crippen molar-refractivity contribution in [3.05, 3.63) is 0 Å². The van der Waals surface area contributed by atoms with Gasteiger partial charge in [0.2, 0.25) is 0 Å². The Morgan fingerprint density at radius 1 is 1.00 bits per heavy atom. The Kier molecular flexibility index (Phi) is 10.9. The molecule has 0 fully saturated rings. The van der Waals surface area contributed by atoms with Gasteiger partial charge in [-0.25, -0.2) is 0 Å². The third-order valence-electron chi connectivity index (χ3n) is 0. The van der Waals surface area contributed by atoms with E-state index in [4.69, 9.17) is 10.7 Å². The van der Waals surface area contributed by atoms with Gasteiger partial charge in [0.25, 0.3) is 0 Å². The van der Waals surface area contributed by atoms with Crippen molar-refractivity contribution in [2.75, 3.05) is 0 Å². The predicted octanol–water partition coefficient (Wildman–Crippen LogP) is -1.28. The molecule has 0 aliphatic carbocycles. The molecule has 0 heterocycles. The molecule has 0 aromatic rings. The second-order valence-corrected chi connectivity index (χ2v) is 1.05. The van der Waals surface area contributed by atoms with Crippen molar-refractivity contribution >= 4 is 48.9 Å². The van der Waals surface area contributed by atoms with Crippen LogP contribution in [0.4, 0.5) is 0 Å². The van der Waals surface area contributed by atoms with Gasteiger partial charge in [0, 0.05) is 0 Å². The molecule has 0 aliphatic heterocycles. The molecule has 0 radical (unpaired) electrons. The Bertz CT molecular complexity index is 76.3. The van der Waals surface area contributed by atoms with E-state index in [-0.39, 0.29) is 48.9 Å². The summed E-state index contributed by atoms with van der Waals surface area (Å²) in [5.41, 5.74) is 0. The van der Waals surface area contributed by atoms with Gasteiger partial charge in [0.05, 0.1) is 0 Å². The molecule has 3 nitrogen and oxygen atoms in total. The maximum atomic E-state index is 8.56. The number of hydrogen-bond acceptors (Lipinski definition) is 3. The molecule has 0 saturated carbocycles. The van der Waals surface area contributed by atoms with Crippen LogP contribution in [0.15, 0.2) is 0 Å².